The van der Waals surface area contributed by atoms with Gasteiger partial charge in [-0.25, -0.2) is 0 Å². The number of rotatable bonds is 7. The van der Waals surface area contributed by atoms with Crippen molar-refractivity contribution in [2.75, 3.05) is 19.1 Å². The van der Waals surface area contributed by atoms with Crippen LogP contribution >= 0.6 is 11.6 Å². The highest BCUT2D eigenvalue weighted by Gasteiger charge is 2.04. The Hall–Kier alpha value is -0.610. The number of alkyl halides is 1. The molecule has 1 aromatic rings. The van der Waals surface area contributed by atoms with Crippen LogP contribution in [-0.2, 0) is 17.6 Å². The van der Waals surface area contributed by atoms with Gasteiger partial charge in [0.15, 0.2) is 0 Å². The molecule has 80 valence electrons. The van der Waals surface area contributed by atoms with Crippen molar-refractivity contribution in [3.8, 4) is 0 Å². The van der Waals surface area contributed by atoms with E-state index in [1.807, 2.05) is 0 Å². The molecule has 0 aliphatic carbocycles. The largest absolute Gasteiger partial charge is 0.425 e. The Morgan fingerprint density at radius 2 is 1.93 bits per heavy atom. The standard InChI is InChI=1S/C9H15ClN2O2/c1-2-6-13-7-4-9-12-11-8(14-9)3-5-10/h2-7H2,1H3. The molecule has 14 heavy (non-hydrogen) atoms. The summed E-state index contributed by atoms with van der Waals surface area (Å²) in [5, 5.41) is 7.73. The minimum Gasteiger partial charge on any atom is -0.425 e. The smallest absolute Gasteiger partial charge is 0.218 e. The predicted octanol–water partition coefficient (Wildman–Crippen LogP) is 1.82. The van der Waals surface area contributed by atoms with Crippen LogP contribution in [0.5, 0.6) is 0 Å². The Balaban J connectivity index is 2.22. The summed E-state index contributed by atoms with van der Waals surface area (Å²) in [4.78, 5) is 0. The lowest BCUT2D eigenvalue weighted by atomic mass is 10.4. The van der Waals surface area contributed by atoms with Gasteiger partial charge in [0.1, 0.15) is 0 Å². The van der Waals surface area contributed by atoms with Crippen LogP contribution in [0.3, 0.4) is 0 Å². The third kappa shape index (κ3) is 4.07. The third-order valence-electron chi connectivity index (χ3n) is 1.63. The summed E-state index contributed by atoms with van der Waals surface area (Å²) in [5.74, 6) is 1.74. The fourth-order valence-electron chi connectivity index (χ4n) is 0.977. The molecule has 0 spiro atoms. The van der Waals surface area contributed by atoms with Crippen LogP contribution in [0, 0.1) is 0 Å². The van der Waals surface area contributed by atoms with E-state index in [-0.39, 0.29) is 0 Å². The van der Waals surface area contributed by atoms with Crippen molar-refractivity contribution in [1.29, 1.82) is 0 Å². The highest BCUT2D eigenvalue weighted by molar-refractivity contribution is 6.17. The number of hydrogen-bond acceptors (Lipinski definition) is 4. The molecule has 0 aromatic carbocycles. The second-order valence-corrected chi connectivity index (χ2v) is 3.27. The van der Waals surface area contributed by atoms with Gasteiger partial charge in [-0.15, -0.1) is 21.8 Å². The Bertz CT molecular complexity index is 253. The fraction of sp³-hybridized carbons (Fsp3) is 0.778. The monoisotopic (exact) mass is 218 g/mol. The van der Waals surface area contributed by atoms with Gasteiger partial charge >= 0.3 is 0 Å². The van der Waals surface area contributed by atoms with Gasteiger partial charge in [-0.3, -0.25) is 0 Å². The molecule has 0 unspecified atom stereocenters. The van der Waals surface area contributed by atoms with E-state index in [1.54, 1.807) is 0 Å². The second kappa shape index (κ2) is 6.79. The van der Waals surface area contributed by atoms with E-state index in [4.69, 9.17) is 20.8 Å². The van der Waals surface area contributed by atoms with Crippen molar-refractivity contribution >= 4 is 11.6 Å². The van der Waals surface area contributed by atoms with E-state index in [0.717, 1.165) is 13.0 Å². The molecule has 0 aliphatic heterocycles. The SMILES string of the molecule is CCCOCCc1nnc(CCCl)o1. The molecule has 0 fully saturated rings. The van der Waals surface area contributed by atoms with E-state index in [0.29, 0.717) is 37.1 Å². The predicted molar refractivity (Wildman–Crippen MR) is 53.5 cm³/mol. The summed E-state index contributed by atoms with van der Waals surface area (Å²) in [5.41, 5.74) is 0. The summed E-state index contributed by atoms with van der Waals surface area (Å²) in [7, 11) is 0. The summed E-state index contributed by atoms with van der Waals surface area (Å²) < 4.78 is 10.6. The summed E-state index contributed by atoms with van der Waals surface area (Å²) in [6.07, 6.45) is 2.33. The topological polar surface area (TPSA) is 48.2 Å². The first-order valence-corrected chi connectivity index (χ1v) is 5.35. The minimum absolute atomic E-state index is 0.508. The van der Waals surface area contributed by atoms with Gasteiger partial charge in [-0.1, -0.05) is 6.92 Å². The number of nitrogens with zero attached hydrogens (tertiary/aromatic N) is 2. The van der Waals surface area contributed by atoms with Crippen LogP contribution in [-0.4, -0.2) is 29.3 Å². The van der Waals surface area contributed by atoms with Crippen molar-refractivity contribution in [3.63, 3.8) is 0 Å². The lowest BCUT2D eigenvalue weighted by Crippen LogP contribution is -1.99. The van der Waals surface area contributed by atoms with Gasteiger partial charge in [0.25, 0.3) is 0 Å². The molecule has 1 heterocycles. The summed E-state index contributed by atoms with van der Waals surface area (Å²) >= 11 is 5.54. The third-order valence-corrected chi connectivity index (χ3v) is 1.81. The van der Waals surface area contributed by atoms with Crippen LogP contribution in [0.2, 0.25) is 0 Å². The molecule has 0 saturated heterocycles. The fourth-order valence-corrected chi connectivity index (χ4v) is 1.14. The van der Waals surface area contributed by atoms with E-state index < -0.39 is 0 Å². The first-order chi connectivity index (χ1) is 6.86. The Kier molecular flexibility index (Phi) is 5.56. The molecule has 0 amide bonds. The van der Waals surface area contributed by atoms with Crippen LogP contribution in [0.25, 0.3) is 0 Å². The van der Waals surface area contributed by atoms with E-state index in [1.165, 1.54) is 0 Å². The molecule has 0 bridgehead atoms. The molecule has 0 N–H and O–H groups in total. The number of aromatic nitrogens is 2. The molecular formula is C9H15ClN2O2. The Morgan fingerprint density at radius 3 is 2.57 bits per heavy atom. The van der Waals surface area contributed by atoms with Crippen LogP contribution in [0.4, 0.5) is 0 Å². The molecule has 0 atom stereocenters. The maximum atomic E-state index is 5.54. The number of aryl methyl sites for hydroxylation is 1. The molecule has 0 radical (unpaired) electrons. The quantitative estimate of drug-likeness (QED) is 0.518. The lowest BCUT2D eigenvalue weighted by Gasteiger charge is -1.97. The summed E-state index contributed by atoms with van der Waals surface area (Å²) in [6.45, 7) is 3.49. The average molecular weight is 219 g/mol. The van der Waals surface area contributed by atoms with Crippen LogP contribution < -0.4 is 0 Å². The molecule has 0 saturated carbocycles. The van der Waals surface area contributed by atoms with Gasteiger partial charge in [-0.05, 0) is 6.42 Å². The van der Waals surface area contributed by atoms with E-state index in [9.17, 15) is 0 Å². The molecule has 0 aliphatic rings. The number of ether oxygens (including phenoxy) is 1. The zero-order valence-corrected chi connectivity index (χ0v) is 9.09. The van der Waals surface area contributed by atoms with Crippen molar-refractivity contribution < 1.29 is 9.15 Å². The van der Waals surface area contributed by atoms with E-state index >= 15 is 0 Å². The lowest BCUT2D eigenvalue weighted by molar-refractivity contribution is 0.133. The molecule has 5 heteroatoms. The van der Waals surface area contributed by atoms with E-state index in [2.05, 4.69) is 17.1 Å². The first-order valence-electron chi connectivity index (χ1n) is 4.81. The zero-order chi connectivity index (χ0) is 10.2. The molecule has 4 nitrogen and oxygen atoms in total. The van der Waals surface area contributed by atoms with Crippen molar-refractivity contribution in [2.24, 2.45) is 0 Å². The average Bonchev–Trinajstić information content (AvgIpc) is 2.61. The molecule has 1 aromatic heterocycles. The number of halogens is 1. The minimum atomic E-state index is 0.508. The maximum Gasteiger partial charge on any atom is 0.218 e. The van der Waals surface area contributed by atoms with Gasteiger partial charge in [0.05, 0.1) is 6.61 Å². The second-order valence-electron chi connectivity index (χ2n) is 2.89. The highest BCUT2D eigenvalue weighted by atomic mass is 35.5. The maximum absolute atomic E-state index is 5.54. The Labute approximate surface area is 88.6 Å². The van der Waals surface area contributed by atoms with Crippen LogP contribution in [0.1, 0.15) is 25.1 Å². The number of hydrogen-bond donors (Lipinski definition) is 0. The van der Waals surface area contributed by atoms with Gasteiger partial charge < -0.3 is 9.15 Å². The van der Waals surface area contributed by atoms with Gasteiger partial charge in [0, 0.05) is 25.3 Å². The zero-order valence-electron chi connectivity index (χ0n) is 8.33. The van der Waals surface area contributed by atoms with Crippen molar-refractivity contribution in [1.82, 2.24) is 10.2 Å². The highest BCUT2D eigenvalue weighted by Crippen LogP contribution is 2.02. The van der Waals surface area contributed by atoms with Gasteiger partial charge in [-0.2, -0.15) is 0 Å². The summed E-state index contributed by atoms with van der Waals surface area (Å²) in [6, 6.07) is 0. The molecule has 1 rings (SSSR count). The van der Waals surface area contributed by atoms with Crippen LogP contribution in [0.15, 0.2) is 4.42 Å². The Morgan fingerprint density at radius 1 is 1.21 bits per heavy atom. The van der Waals surface area contributed by atoms with Gasteiger partial charge in [0.2, 0.25) is 11.8 Å². The first kappa shape index (κ1) is 11.5. The van der Waals surface area contributed by atoms with Crippen molar-refractivity contribution in [3.05, 3.63) is 11.8 Å². The van der Waals surface area contributed by atoms with Crippen molar-refractivity contribution in [2.45, 2.75) is 26.2 Å². The molecular weight excluding hydrogens is 204 g/mol. The normalized spacial score (nSPS) is 10.7.